The fourth-order valence-corrected chi connectivity index (χ4v) is 4.23. The van der Waals surface area contributed by atoms with Gasteiger partial charge in [-0.15, -0.1) is 0 Å². The number of aryl methyl sites for hydroxylation is 2. The topological polar surface area (TPSA) is 64.0 Å². The number of nitrogens with one attached hydrogen (secondary N) is 1. The molecule has 0 unspecified atom stereocenters. The number of rotatable bonds is 3. The van der Waals surface area contributed by atoms with Crippen molar-refractivity contribution in [2.24, 2.45) is 7.05 Å². The summed E-state index contributed by atoms with van der Waals surface area (Å²) in [6, 6.07) is 6.54. The van der Waals surface area contributed by atoms with Gasteiger partial charge in [0.1, 0.15) is 4.90 Å². The maximum Gasteiger partial charge on any atom is 0.264 e. The number of hydrogen-bond donors (Lipinski definition) is 1. The molecule has 2 rings (SSSR count). The number of aromatic nitrogens is 2. The molecule has 1 aromatic heterocycles. The Labute approximate surface area is 128 Å². The molecule has 0 fully saturated rings. The second-order valence-electron chi connectivity index (χ2n) is 3.97. The monoisotopic (exact) mass is 407 g/mol. The molecule has 0 saturated heterocycles. The standard InChI is InChI=1S/C11H11Br2N3O2S/c1-7-5-11(14-16(7)2)15-19(17,18)10-4-3-8(12)6-9(10)13/h3-6H,1-2H3,(H,14,15). The molecular formula is C11H11Br2N3O2S. The van der Waals surface area contributed by atoms with Gasteiger partial charge in [-0.2, -0.15) is 5.10 Å². The maximum absolute atomic E-state index is 12.2. The van der Waals surface area contributed by atoms with E-state index in [9.17, 15) is 8.42 Å². The molecule has 0 spiro atoms. The summed E-state index contributed by atoms with van der Waals surface area (Å²) in [7, 11) is -1.91. The number of halogens is 2. The quantitative estimate of drug-likeness (QED) is 0.848. The van der Waals surface area contributed by atoms with Crippen LogP contribution in [0.5, 0.6) is 0 Å². The highest BCUT2D eigenvalue weighted by molar-refractivity contribution is 9.11. The van der Waals surface area contributed by atoms with Crippen molar-refractivity contribution in [3.05, 3.63) is 38.9 Å². The highest BCUT2D eigenvalue weighted by Gasteiger charge is 2.19. The Kier molecular flexibility index (Phi) is 4.03. The normalized spacial score (nSPS) is 11.6. The average Bonchev–Trinajstić information content (AvgIpc) is 2.56. The highest BCUT2D eigenvalue weighted by Crippen LogP contribution is 2.27. The molecule has 1 heterocycles. The van der Waals surface area contributed by atoms with E-state index < -0.39 is 10.0 Å². The highest BCUT2D eigenvalue weighted by atomic mass is 79.9. The Morgan fingerprint density at radius 2 is 1.95 bits per heavy atom. The molecule has 0 atom stereocenters. The van der Waals surface area contributed by atoms with Gasteiger partial charge in [0.15, 0.2) is 5.82 Å². The van der Waals surface area contributed by atoms with Gasteiger partial charge in [-0.25, -0.2) is 8.42 Å². The minimum absolute atomic E-state index is 0.166. The molecule has 1 N–H and O–H groups in total. The van der Waals surface area contributed by atoms with Crippen LogP contribution in [0.15, 0.2) is 38.1 Å². The average molecular weight is 409 g/mol. The Morgan fingerprint density at radius 1 is 1.26 bits per heavy atom. The zero-order chi connectivity index (χ0) is 14.2. The lowest BCUT2D eigenvalue weighted by Crippen LogP contribution is -2.14. The minimum atomic E-state index is -3.66. The first-order valence-corrected chi connectivity index (χ1v) is 8.35. The summed E-state index contributed by atoms with van der Waals surface area (Å²) >= 11 is 6.52. The van der Waals surface area contributed by atoms with E-state index in [0.717, 1.165) is 10.2 Å². The van der Waals surface area contributed by atoms with Gasteiger partial charge in [-0.1, -0.05) is 15.9 Å². The fraction of sp³-hybridized carbons (Fsp3) is 0.182. The fourth-order valence-electron chi connectivity index (χ4n) is 1.50. The molecule has 0 aliphatic carbocycles. The third-order valence-electron chi connectivity index (χ3n) is 2.54. The number of hydrogen-bond acceptors (Lipinski definition) is 3. The van der Waals surface area contributed by atoms with E-state index in [1.807, 2.05) is 6.92 Å². The molecule has 0 bridgehead atoms. The summed E-state index contributed by atoms with van der Waals surface area (Å²) in [5.74, 6) is 0.301. The Balaban J connectivity index is 2.37. The third-order valence-corrected chi connectivity index (χ3v) is 5.36. The summed E-state index contributed by atoms with van der Waals surface area (Å²) in [5.41, 5.74) is 0.868. The molecule has 102 valence electrons. The van der Waals surface area contributed by atoms with E-state index in [0.29, 0.717) is 10.3 Å². The lowest BCUT2D eigenvalue weighted by Gasteiger charge is -2.07. The number of nitrogens with zero attached hydrogens (tertiary/aromatic N) is 2. The van der Waals surface area contributed by atoms with E-state index >= 15 is 0 Å². The molecule has 0 aliphatic rings. The largest absolute Gasteiger partial charge is 0.271 e. The van der Waals surface area contributed by atoms with Gasteiger partial charge in [0.05, 0.1) is 0 Å². The molecule has 0 aliphatic heterocycles. The first-order chi connectivity index (χ1) is 8.79. The van der Waals surface area contributed by atoms with Crippen LogP contribution in [0, 0.1) is 6.92 Å². The smallest absolute Gasteiger partial charge is 0.264 e. The van der Waals surface area contributed by atoms with Gasteiger partial charge in [-0.3, -0.25) is 9.40 Å². The summed E-state index contributed by atoms with van der Waals surface area (Å²) in [5, 5.41) is 4.07. The van der Waals surface area contributed by atoms with E-state index in [4.69, 9.17) is 0 Å². The van der Waals surface area contributed by atoms with Crippen molar-refractivity contribution in [2.75, 3.05) is 4.72 Å². The van der Waals surface area contributed by atoms with Crippen LogP contribution < -0.4 is 4.72 Å². The molecule has 2 aromatic rings. The Hall–Kier alpha value is -0.860. The van der Waals surface area contributed by atoms with Gasteiger partial charge in [0.25, 0.3) is 10.0 Å². The SMILES string of the molecule is Cc1cc(NS(=O)(=O)c2ccc(Br)cc2Br)nn1C. The van der Waals surface area contributed by atoms with Crippen molar-refractivity contribution in [1.29, 1.82) is 0 Å². The van der Waals surface area contributed by atoms with E-state index in [1.54, 1.807) is 29.9 Å². The van der Waals surface area contributed by atoms with Crippen molar-refractivity contribution in [3.63, 3.8) is 0 Å². The molecular weight excluding hydrogens is 398 g/mol. The molecule has 0 amide bonds. The molecule has 5 nitrogen and oxygen atoms in total. The van der Waals surface area contributed by atoms with Crippen molar-refractivity contribution >= 4 is 47.7 Å². The number of anilines is 1. The van der Waals surface area contributed by atoms with Crippen molar-refractivity contribution in [3.8, 4) is 0 Å². The first kappa shape index (κ1) is 14.5. The lowest BCUT2D eigenvalue weighted by atomic mass is 10.4. The van der Waals surface area contributed by atoms with E-state index in [1.165, 1.54) is 6.07 Å². The van der Waals surface area contributed by atoms with Crippen LogP contribution in [-0.2, 0) is 17.1 Å². The molecule has 8 heteroatoms. The van der Waals surface area contributed by atoms with Gasteiger partial charge in [0.2, 0.25) is 0 Å². The van der Waals surface area contributed by atoms with Crippen LogP contribution >= 0.6 is 31.9 Å². The second kappa shape index (κ2) is 5.26. The van der Waals surface area contributed by atoms with Crippen molar-refractivity contribution in [1.82, 2.24) is 9.78 Å². The van der Waals surface area contributed by atoms with Crippen LogP contribution in [0.25, 0.3) is 0 Å². The van der Waals surface area contributed by atoms with Gasteiger partial charge >= 0.3 is 0 Å². The van der Waals surface area contributed by atoms with Crippen molar-refractivity contribution in [2.45, 2.75) is 11.8 Å². The van der Waals surface area contributed by atoms with Crippen LogP contribution in [-0.4, -0.2) is 18.2 Å². The summed E-state index contributed by atoms with van der Waals surface area (Å²) in [4.78, 5) is 0.166. The summed E-state index contributed by atoms with van der Waals surface area (Å²) < 4.78 is 29.8. The van der Waals surface area contributed by atoms with Crippen LogP contribution in [0.4, 0.5) is 5.82 Å². The molecule has 1 aromatic carbocycles. The molecule has 0 radical (unpaired) electrons. The zero-order valence-electron chi connectivity index (χ0n) is 10.2. The summed E-state index contributed by atoms with van der Waals surface area (Å²) in [6.07, 6.45) is 0. The van der Waals surface area contributed by atoms with Gasteiger partial charge in [-0.05, 0) is 41.1 Å². The minimum Gasteiger partial charge on any atom is -0.271 e. The Bertz CT molecular complexity index is 706. The third kappa shape index (κ3) is 3.18. The Morgan fingerprint density at radius 3 is 2.47 bits per heavy atom. The van der Waals surface area contributed by atoms with Crippen LogP contribution in [0.1, 0.15) is 5.69 Å². The van der Waals surface area contributed by atoms with Crippen molar-refractivity contribution < 1.29 is 8.42 Å². The van der Waals surface area contributed by atoms with E-state index in [-0.39, 0.29) is 4.90 Å². The molecule has 19 heavy (non-hydrogen) atoms. The zero-order valence-corrected chi connectivity index (χ0v) is 14.2. The van der Waals surface area contributed by atoms with Gasteiger partial charge < -0.3 is 0 Å². The second-order valence-corrected chi connectivity index (χ2v) is 7.40. The number of benzene rings is 1. The summed E-state index contributed by atoms with van der Waals surface area (Å²) in [6.45, 7) is 1.85. The van der Waals surface area contributed by atoms with Gasteiger partial charge in [0, 0.05) is 27.8 Å². The number of sulfonamides is 1. The lowest BCUT2D eigenvalue weighted by molar-refractivity contribution is 0.600. The maximum atomic E-state index is 12.2. The van der Waals surface area contributed by atoms with Crippen LogP contribution in [0.3, 0.4) is 0 Å². The van der Waals surface area contributed by atoms with E-state index in [2.05, 4.69) is 41.7 Å². The predicted octanol–water partition coefficient (Wildman–Crippen LogP) is 3.05. The van der Waals surface area contributed by atoms with Crippen LogP contribution in [0.2, 0.25) is 0 Å². The molecule has 0 saturated carbocycles. The first-order valence-electron chi connectivity index (χ1n) is 5.28. The predicted molar refractivity (Wildman–Crippen MR) is 80.6 cm³/mol.